The molecule has 3 heteroatoms. The Labute approximate surface area is 100.0 Å². The standard InChI is InChI=1S/C13H14ClNO/c1-7-4-10(7)13(14)8-2-3-11-9(5-8)6-12(16)15-11/h2-3,5,7,10,13H,4,6H2,1H3,(H,15,16). The fraction of sp³-hybridized carbons (Fsp3) is 0.462. The van der Waals surface area contributed by atoms with Crippen molar-refractivity contribution in [3.63, 3.8) is 0 Å². The van der Waals surface area contributed by atoms with Gasteiger partial charge in [-0.15, -0.1) is 11.6 Å². The first-order chi connectivity index (χ1) is 7.65. The molecule has 1 heterocycles. The summed E-state index contributed by atoms with van der Waals surface area (Å²) in [5, 5.41) is 2.94. The Balaban J connectivity index is 1.87. The fourth-order valence-corrected chi connectivity index (χ4v) is 2.91. The molecule has 0 spiro atoms. The van der Waals surface area contributed by atoms with Gasteiger partial charge in [0.2, 0.25) is 5.91 Å². The number of anilines is 1. The molecular weight excluding hydrogens is 222 g/mol. The number of nitrogens with one attached hydrogen (secondary N) is 1. The van der Waals surface area contributed by atoms with E-state index < -0.39 is 0 Å². The van der Waals surface area contributed by atoms with Crippen LogP contribution >= 0.6 is 11.6 Å². The minimum atomic E-state index is 0.0815. The van der Waals surface area contributed by atoms with Crippen molar-refractivity contribution in [1.29, 1.82) is 0 Å². The van der Waals surface area contributed by atoms with E-state index in [1.54, 1.807) is 0 Å². The normalized spacial score (nSPS) is 28.5. The van der Waals surface area contributed by atoms with Crippen molar-refractivity contribution < 1.29 is 4.79 Å². The van der Waals surface area contributed by atoms with Gasteiger partial charge in [-0.25, -0.2) is 0 Å². The fourth-order valence-electron chi connectivity index (χ4n) is 2.43. The molecule has 2 nitrogen and oxygen atoms in total. The third-order valence-electron chi connectivity index (χ3n) is 3.62. The maximum atomic E-state index is 11.2. The quantitative estimate of drug-likeness (QED) is 0.785. The number of halogens is 1. The summed E-state index contributed by atoms with van der Waals surface area (Å²) in [6.45, 7) is 2.23. The second kappa shape index (κ2) is 3.49. The third-order valence-corrected chi connectivity index (χ3v) is 4.20. The Hall–Kier alpha value is -1.02. The Morgan fingerprint density at radius 3 is 2.94 bits per heavy atom. The van der Waals surface area contributed by atoms with Gasteiger partial charge in [-0.05, 0) is 35.4 Å². The van der Waals surface area contributed by atoms with Crippen molar-refractivity contribution >= 4 is 23.2 Å². The summed E-state index contributed by atoms with van der Waals surface area (Å²) in [5.41, 5.74) is 3.19. The lowest BCUT2D eigenvalue weighted by Crippen LogP contribution is -2.03. The summed E-state index contributed by atoms with van der Waals surface area (Å²) in [6.07, 6.45) is 1.72. The van der Waals surface area contributed by atoms with E-state index in [9.17, 15) is 4.79 Å². The van der Waals surface area contributed by atoms with Crippen LogP contribution in [-0.2, 0) is 11.2 Å². The first-order valence-corrected chi connectivity index (χ1v) is 6.15. The summed E-state index contributed by atoms with van der Waals surface area (Å²) < 4.78 is 0. The molecule has 1 saturated carbocycles. The second-order valence-electron chi connectivity index (χ2n) is 4.92. The van der Waals surface area contributed by atoms with Crippen molar-refractivity contribution in [3.05, 3.63) is 29.3 Å². The second-order valence-corrected chi connectivity index (χ2v) is 5.39. The molecule has 1 N–H and O–H groups in total. The van der Waals surface area contributed by atoms with Gasteiger partial charge in [0.05, 0.1) is 11.8 Å². The molecule has 0 aromatic heterocycles. The average Bonchev–Trinajstić information content (AvgIpc) is 2.85. The predicted molar refractivity (Wildman–Crippen MR) is 64.6 cm³/mol. The minimum absolute atomic E-state index is 0.0815. The molecule has 3 rings (SSSR count). The van der Waals surface area contributed by atoms with E-state index >= 15 is 0 Å². The first kappa shape index (κ1) is 10.2. The summed E-state index contributed by atoms with van der Waals surface area (Å²) in [6, 6.07) is 6.08. The highest BCUT2D eigenvalue weighted by Crippen LogP contribution is 2.50. The molecule has 3 unspecified atom stereocenters. The number of hydrogen-bond donors (Lipinski definition) is 1. The molecule has 0 radical (unpaired) electrons. The number of rotatable bonds is 2. The molecule has 1 fully saturated rings. The topological polar surface area (TPSA) is 29.1 Å². The number of hydrogen-bond acceptors (Lipinski definition) is 1. The van der Waals surface area contributed by atoms with Gasteiger partial charge in [-0.3, -0.25) is 4.79 Å². The van der Waals surface area contributed by atoms with Gasteiger partial charge in [-0.1, -0.05) is 19.1 Å². The number of benzene rings is 1. The van der Waals surface area contributed by atoms with Gasteiger partial charge in [0.25, 0.3) is 0 Å². The molecule has 0 bridgehead atoms. The van der Waals surface area contributed by atoms with Crippen LogP contribution in [0.2, 0.25) is 0 Å². The zero-order chi connectivity index (χ0) is 11.3. The van der Waals surface area contributed by atoms with Gasteiger partial charge in [0, 0.05) is 5.69 Å². The number of alkyl halides is 1. The van der Waals surface area contributed by atoms with Crippen LogP contribution < -0.4 is 5.32 Å². The van der Waals surface area contributed by atoms with E-state index in [0.717, 1.165) is 22.7 Å². The summed E-state index contributed by atoms with van der Waals surface area (Å²) in [4.78, 5) is 11.2. The highest BCUT2D eigenvalue weighted by Gasteiger charge is 2.39. The van der Waals surface area contributed by atoms with Crippen molar-refractivity contribution in [2.24, 2.45) is 11.8 Å². The number of fused-ring (bicyclic) bond motifs is 1. The molecule has 1 aliphatic heterocycles. The van der Waals surface area contributed by atoms with Crippen molar-refractivity contribution in [2.75, 3.05) is 5.32 Å². The monoisotopic (exact) mass is 235 g/mol. The van der Waals surface area contributed by atoms with Crippen LogP contribution in [0.25, 0.3) is 0 Å². The van der Waals surface area contributed by atoms with Gasteiger partial charge >= 0.3 is 0 Å². The van der Waals surface area contributed by atoms with E-state index in [1.165, 1.54) is 6.42 Å². The van der Waals surface area contributed by atoms with Gasteiger partial charge in [-0.2, -0.15) is 0 Å². The Bertz CT molecular complexity index is 457. The largest absolute Gasteiger partial charge is 0.326 e. The third kappa shape index (κ3) is 1.61. The minimum Gasteiger partial charge on any atom is -0.326 e. The molecule has 1 amide bonds. The molecule has 2 aliphatic rings. The van der Waals surface area contributed by atoms with E-state index in [2.05, 4.69) is 18.3 Å². The van der Waals surface area contributed by atoms with Gasteiger partial charge < -0.3 is 5.32 Å². The van der Waals surface area contributed by atoms with Crippen LogP contribution in [0.3, 0.4) is 0 Å². The lowest BCUT2D eigenvalue weighted by molar-refractivity contribution is -0.115. The predicted octanol–water partition coefficient (Wildman–Crippen LogP) is 3.12. The maximum absolute atomic E-state index is 11.2. The molecular formula is C13H14ClNO. The zero-order valence-corrected chi connectivity index (χ0v) is 9.92. The van der Waals surface area contributed by atoms with Crippen LogP contribution in [0, 0.1) is 11.8 Å². The van der Waals surface area contributed by atoms with Crippen molar-refractivity contribution in [3.8, 4) is 0 Å². The van der Waals surface area contributed by atoms with Crippen LogP contribution in [0.4, 0.5) is 5.69 Å². The average molecular weight is 236 g/mol. The number of amides is 1. The van der Waals surface area contributed by atoms with Crippen molar-refractivity contribution in [2.45, 2.75) is 25.1 Å². The summed E-state index contributed by atoms with van der Waals surface area (Å²) in [7, 11) is 0. The molecule has 1 aromatic carbocycles. The Morgan fingerprint density at radius 2 is 2.25 bits per heavy atom. The molecule has 0 saturated heterocycles. The summed E-state index contributed by atoms with van der Waals surface area (Å²) >= 11 is 6.43. The molecule has 1 aliphatic carbocycles. The van der Waals surface area contributed by atoms with Crippen molar-refractivity contribution in [1.82, 2.24) is 0 Å². The lowest BCUT2D eigenvalue weighted by Gasteiger charge is -2.10. The van der Waals surface area contributed by atoms with E-state index in [4.69, 9.17) is 11.6 Å². The first-order valence-electron chi connectivity index (χ1n) is 5.72. The zero-order valence-electron chi connectivity index (χ0n) is 9.16. The molecule has 84 valence electrons. The van der Waals surface area contributed by atoms with E-state index in [0.29, 0.717) is 12.3 Å². The van der Waals surface area contributed by atoms with Crippen LogP contribution in [-0.4, -0.2) is 5.91 Å². The summed E-state index contributed by atoms with van der Waals surface area (Å²) in [5.74, 6) is 1.44. The molecule has 16 heavy (non-hydrogen) atoms. The molecule has 1 aromatic rings. The van der Waals surface area contributed by atoms with Gasteiger partial charge in [0.1, 0.15) is 0 Å². The number of carbonyl (C=O) groups is 1. The number of carbonyl (C=O) groups excluding carboxylic acids is 1. The highest BCUT2D eigenvalue weighted by molar-refractivity contribution is 6.21. The van der Waals surface area contributed by atoms with Gasteiger partial charge in [0.15, 0.2) is 0 Å². The Kier molecular flexibility index (Phi) is 2.21. The SMILES string of the molecule is CC1CC1C(Cl)c1ccc2c(c1)CC(=O)N2. The maximum Gasteiger partial charge on any atom is 0.228 e. The van der Waals surface area contributed by atoms with E-state index in [1.807, 2.05) is 12.1 Å². The smallest absolute Gasteiger partial charge is 0.228 e. The Morgan fingerprint density at radius 1 is 1.50 bits per heavy atom. The van der Waals surface area contributed by atoms with Crippen LogP contribution in [0.1, 0.15) is 29.8 Å². The van der Waals surface area contributed by atoms with Crippen LogP contribution in [0.15, 0.2) is 18.2 Å². The highest BCUT2D eigenvalue weighted by atomic mass is 35.5. The molecule has 3 atom stereocenters. The lowest BCUT2D eigenvalue weighted by atomic mass is 10.0. The van der Waals surface area contributed by atoms with Crippen LogP contribution in [0.5, 0.6) is 0 Å². The van der Waals surface area contributed by atoms with E-state index in [-0.39, 0.29) is 11.3 Å².